The molecule has 0 atom stereocenters. The van der Waals surface area contributed by atoms with Crippen molar-refractivity contribution < 1.29 is 0 Å². The number of rotatable bonds is 2. The molecule has 106 valence electrons. The van der Waals surface area contributed by atoms with E-state index in [1.54, 1.807) is 0 Å². The molecule has 0 amide bonds. The fraction of sp³-hybridized carbons (Fsp3) is 0.438. The number of para-hydroxylation sites is 1. The van der Waals surface area contributed by atoms with Crippen molar-refractivity contribution in [3.8, 4) is 0 Å². The molecule has 2 heterocycles. The highest BCUT2D eigenvalue weighted by atomic mass is 35.5. The zero-order chi connectivity index (χ0) is 14.1. The van der Waals surface area contributed by atoms with Gasteiger partial charge in [-0.15, -0.1) is 11.6 Å². The number of hydrogen-bond donors (Lipinski definition) is 0. The monoisotopic (exact) mass is 289 g/mol. The van der Waals surface area contributed by atoms with Gasteiger partial charge in [-0.25, -0.2) is 0 Å². The number of anilines is 2. The molecule has 3 rings (SSSR count). The lowest BCUT2D eigenvalue weighted by Crippen LogP contribution is -2.21. The van der Waals surface area contributed by atoms with Gasteiger partial charge in [-0.3, -0.25) is 4.68 Å². The van der Waals surface area contributed by atoms with Crippen LogP contribution in [-0.4, -0.2) is 16.3 Å². The molecular weight excluding hydrogens is 270 g/mol. The number of benzene rings is 1. The lowest BCUT2D eigenvalue weighted by Gasteiger charge is -2.26. The molecule has 4 heteroatoms. The van der Waals surface area contributed by atoms with E-state index in [9.17, 15) is 0 Å². The lowest BCUT2D eigenvalue weighted by atomic mass is 10.1. The summed E-state index contributed by atoms with van der Waals surface area (Å²) in [5.41, 5.74) is 4.90. The Morgan fingerprint density at radius 2 is 2.05 bits per heavy atom. The van der Waals surface area contributed by atoms with Crippen molar-refractivity contribution in [2.24, 2.45) is 7.05 Å². The predicted octanol–water partition coefficient (Wildman–Crippen LogP) is 3.94. The summed E-state index contributed by atoms with van der Waals surface area (Å²) in [7, 11) is 2.01. The van der Waals surface area contributed by atoms with Crippen molar-refractivity contribution in [2.45, 2.75) is 32.1 Å². The topological polar surface area (TPSA) is 21.1 Å². The van der Waals surface area contributed by atoms with Crippen molar-refractivity contribution >= 4 is 23.1 Å². The third kappa shape index (κ3) is 2.20. The number of alkyl halides is 1. The molecule has 1 aliphatic rings. The summed E-state index contributed by atoms with van der Waals surface area (Å²) in [4.78, 5) is 2.39. The van der Waals surface area contributed by atoms with Crippen molar-refractivity contribution in [3.63, 3.8) is 0 Å². The highest BCUT2D eigenvalue weighted by Gasteiger charge is 2.23. The van der Waals surface area contributed by atoms with E-state index in [1.807, 2.05) is 18.7 Å². The molecule has 0 spiro atoms. The molecule has 1 aromatic heterocycles. The van der Waals surface area contributed by atoms with Gasteiger partial charge in [0.25, 0.3) is 0 Å². The fourth-order valence-corrected chi connectivity index (χ4v) is 3.41. The maximum Gasteiger partial charge on any atom is 0.135 e. The van der Waals surface area contributed by atoms with Gasteiger partial charge in [0.15, 0.2) is 0 Å². The molecule has 0 saturated carbocycles. The maximum atomic E-state index is 6.16. The Hall–Kier alpha value is -1.48. The standard InChI is InChI=1S/C16H20ClN3/c1-12-14(11-17)16(19(2)18-12)20-10-6-5-8-13-7-3-4-9-15(13)20/h3-4,7,9H,5-6,8,10-11H2,1-2H3. The Morgan fingerprint density at radius 3 is 2.85 bits per heavy atom. The number of fused-ring (bicyclic) bond motifs is 1. The molecule has 1 aromatic carbocycles. The molecule has 0 fully saturated rings. The normalized spacial score (nSPS) is 15.1. The molecule has 1 aliphatic heterocycles. The number of aryl methyl sites for hydroxylation is 3. The first-order valence-electron chi connectivity index (χ1n) is 7.16. The second-order valence-electron chi connectivity index (χ2n) is 5.38. The molecular formula is C16H20ClN3. The van der Waals surface area contributed by atoms with Crippen LogP contribution >= 0.6 is 11.6 Å². The van der Waals surface area contributed by atoms with Crippen molar-refractivity contribution in [1.29, 1.82) is 0 Å². The molecule has 0 saturated heterocycles. The Labute approximate surface area is 125 Å². The van der Waals surface area contributed by atoms with Gasteiger partial charge < -0.3 is 4.90 Å². The van der Waals surface area contributed by atoms with Gasteiger partial charge >= 0.3 is 0 Å². The molecule has 0 radical (unpaired) electrons. The summed E-state index contributed by atoms with van der Waals surface area (Å²) in [6.45, 7) is 3.06. The van der Waals surface area contributed by atoms with E-state index in [0.29, 0.717) is 5.88 Å². The quantitative estimate of drug-likeness (QED) is 0.781. The SMILES string of the molecule is Cc1nn(C)c(N2CCCCc3ccccc32)c1CCl. The molecule has 0 N–H and O–H groups in total. The maximum absolute atomic E-state index is 6.16. The van der Waals surface area contributed by atoms with Crippen LogP contribution < -0.4 is 4.90 Å². The first-order chi connectivity index (χ1) is 9.72. The Kier molecular flexibility index (Phi) is 3.70. The minimum atomic E-state index is 0.508. The predicted molar refractivity (Wildman–Crippen MR) is 83.9 cm³/mol. The second kappa shape index (κ2) is 5.49. The molecule has 20 heavy (non-hydrogen) atoms. The van der Waals surface area contributed by atoms with E-state index in [2.05, 4.69) is 34.3 Å². The Balaban J connectivity index is 2.15. The minimum Gasteiger partial charge on any atom is -0.326 e. The van der Waals surface area contributed by atoms with Gasteiger partial charge in [0, 0.05) is 24.8 Å². The average Bonchev–Trinajstić information content (AvgIpc) is 2.63. The smallest absolute Gasteiger partial charge is 0.135 e. The minimum absolute atomic E-state index is 0.508. The zero-order valence-corrected chi connectivity index (χ0v) is 12.8. The van der Waals surface area contributed by atoms with Gasteiger partial charge in [0.1, 0.15) is 5.82 Å². The van der Waals surface area contributed by atoms with Gasteiger partial charge in [-0.05, 0) is 37.8 Å². The van der Waals surface area contributed by atoms with Crippen molar-refractivity contribution in [2.75, 3.05) is 11.4 Å². The van der Waals surface area contributed by atoms with Gasteiger partial charge in [-0.2, -0.15) is 5.10 Å². The summed E-state index contributed by atoms with van der Waals surface area (Å²) >= 11 is 6.16. The van der Waals surface area contributed by atoms with E-state index in [0.717, 1.165) is 30.0 Å². The Bertz CT molecular complexity index is 618. The van der Waals surface area contributed by atoms with E-state index in [4.69, 9.17) is 11.6 Å². The third-order valence-corrected chi connectivity index (χ3v) is 4.33. The van der Waals surface area contributed by atoms with Gasteiger partial charge in [0.05, 0.1) is 11.6 Å². The van der Waals surface area contributed by atoms with Crippen LogP contribution in [0.5, 0.6) is 0 Å². The second-order valence-corrected chi connectivity index (χ2v) is 5.65. The van der Waals surface area contributed by atoms with Crippen LogP contribution in [0.4, 0.5) is 11.5 Å². The molecule has 0 unspecified atom stereocenters. The van der Waals surface area contributed by atoms with Crippen molar-refractivity contribution in [1.82, 2.24) is 9.78 Å². The number of aromatic nitrogens is 2. The van der Waals surface area contributed by atoms with Gasteiger partial charge in [0.2, 0.25) is 0 Å². The number of nitrogens with zero attached hydrogens (tertiary/aromatic N) is 3. The largest absolute Gasteiger partial charge is 0.326 e. The number of halogens is 1. The molecule has 2 aromatic rings. The average molecular weight is 290 g/mol. The van der Waals surface area contributed by atoms with Gasteiger partial charge in [-0.1, -0.05) is 18.2 Å². The zero-order valence-electron chi connectivity index (χ0n) is 12.1. The van der Waals surface area contributed by atoms with Crippen LogP contribution in [0.3, 0.4) is 0 Å². The summed E-state index contributed by atoms with van der Waals surface area (Å²) in [5, 5.41) is 4.55. The van der Waals surface area contributed by atoms with Crippen LogP contribution in [-0.2, 0) is 19.3 Å². The lowest BCUT2D eigenvalue weighted by molar-refractivity contribution is 0.714. The highest BCUT2D eigenvalue weighted by molar-refractivity contribution is 6.17. The first-order valence-corrected chi connectivity index (χ1v) is 7.69. The summed E-state index contributed by atoms with van der Waals surface area (Å²) in [5.74, 6) is 1.65. The van der Waals surface area contributed by atoms with E-state index in [1.165, 1.54) is 24.1 Å². The first kappa shape index (κ1) is 13.5. The summed E-state index contributed by atoms with van der Waals surface area (Å²) in [6, 6.07) is 8.68. The van der Waals surface area contributed by atoms with Crippen molar-refractivity contribution in [3.05, 3.63) is 41.1 Å². The molecule has 3 nitrogen and oxygen atoms in total. The number of hydrogen-bond acceptors (Lipinski definition) is 2. The van der Waals surface area contributed by atoms with Crippen LogP contribution in [0, 0.1) is 6.92 Å². The fourth-order valence-electron chi connectivity index (χ4n) is 3.10. The van der Waals surface area contributed by atoms with E-state index in [-0.39, 0.29) is 0 Å². The third-order valence-electron chi connectivity index (χ3n) is 4.06. The summed E-state index contributed by atoms with van der Waals surface area (Å²) in [6.07, 6.45) is 3.58. The molecule has 0 bridgehead atoms. The van der Waals surface area contributed by atoms with E-state index >= 15 is 0 Å². The van der Waals surface area contributed by atoms with Crippen LogP contribution in [0.25, 0.3) is 0 Å². The molecule has 0 aliphatic carbocycles. The van der Waals surface area contributed by atoms with Crippen LogP contribution in [0.2, 0.25) is 0 Å². The van der Waals surface area contributed by atoms with Crippen LogP contribution in [0.1, 0.15) is 29.7 Å². The van der Waals surface area contributed by atoms with Crippen LogP contribution in [0.15, 0.2) is 24.3 Å². The highest BCUT2D eigenvalue weighted by Crippen LogP contribution is 2.35. The Morgan fingerprint density at radius 1 is 1.25 bits per heavy atom. The van der Waals surface area contributed by atoms with E-state index < -0.39 is 0 Å². The summed E-state index contributed by atoms with van der Waals surface area (Å²) < 4.78 is 1.97.